The maximum absolute atomic E-state index is 12.3. The van der Waals surface area contributed by atoms with Crippen LogP contribution in [0, 0.1) is 6.92 Å². The first-order valence-electron chi connectivity index (χ1n) is 9.99. The number of aryl methyl sites for hydroxylation is 1. The van der Waals surface area contributed by atoms with Gasteiger partial charge in [0.1, 0.15) is 0 Å². The zero-order valence-electron chi connectivity index (χ0n) is 16.9. The fourth-order valence-electron chi connectivity index (χ4n) is 3.88. The van der Waals surface area contributed by atoms with E-state index in [0.717, 1.165) is 40.7 Å². The molecule has 0 spiro atoms. The number of aliphatic hydroxyl groups is 1. The Morgan fingerprint density at radius 2 is 1.66 bits per heavy atom. The summed E-state index contributed by atoms with van der Waals surface area (Å²) in [4.78, 5) is 12.3. The third kappa shape index (κ3) is 3.47. The van der Waals surface area contributed by atoms with Crippen molar-refractivity contribution < 1.29 is 19.2 Å². The number of carbonyl (C=O) groups is 1. The molecule has 1 unspecified atom stereocenters. The van der Waals surface area contributed by atoms with Crippen LogP contribution >= 0.6 is 0 Å². The molecule has 29 heavy (non-hydrogen) atoms. The van der Waals surface area contributed by atoms with Gasteiger partial charge < -0.3 is 14.4 Å². The number of hydrogen-bond donors (Lipinski definition) is 1. The molecule has 0 saturated heterocycles. The third-order valence-corrected chi connectivity index (χ3v) is 5.66. The van der Waals surface area contributed by atoms with E-state index in [1.165, 1.54) is 0 Å². The van der Waals surface area contributed by atoms with E-state index in [0.29, 0.717) is 18.1 Å². The summed E-state index contributed by atoms with van der Waals surface area (Å²) in [6, 6.07) is 16.1. The average Bonchev–Trinajstić information content (AvgIpc) is 3.45. The number of esters is 1. The summed E-state index contributed by atoms with van der Waals surface area (Å²) in [6.07, 6.45) is 1.06. The molecule has 5 nitrogen and oxygen atoms in total. The van der Waals surface area contributed by atoms with Crippen molar-refractivity contribution in [1.82, 2.24) is 5.16 Å². The highest BCUT2D eigenvalue weighted by molar-refractivity contribution is 5.87. The Morgan fingerprint density at radius 1 is 1.10 bits per heavy atom. The highest BCUT2D eigenvalue weighted by Crippen LogP contribution is 2.49. The number of aromatic nitrogens is 1. The van der Waals surface area contributed by atoms with Crippen molar-refractivity contribution in [2.24, 2.45) is 0 Å². The Labute approximate surface area is 170 Å². The van der Waals surface area contributed by atoms with Crippen LogP contribution in [-0.4, -0.2) is 22.8 Å². The van der Waals surface area contributed by atoms with Gasteiger partial charge in [-0.1, -0.05) is 53.7 Å². The maximum atomic E-state index is 12.3. The predicted molar refractivity (Wildman–Crippen MR) is 110 cm³/mol. The Hall–Kier alpha value is -2.92. The van der Waals surface area contributed by atoms with E-state index in [2.05, 4.69) is 5.16 Å². The molecule has 1 fully saturated rings. The standard InChI is InChI=1S/C24H25NO4/c1-4-28-23(27)24(13-14-24)20-11-9-18(10-12-20)17-5-7-19(8-6-17)22-21(16(3)26)15(2)25-29-22/h5-12,16,26H,4,13-14H2,1-3H3. The van der Waals surface area contributed by atoms with Gasteiger partial charge in [0.05, 0.1) is 29.4 Å². The molecular weight excluding hydrogens is 366 g/mol. The quantitative estimate of drug-likeness (QED) is 0.601. The van der Waals surface area contributed by atoms with Crippen LogP contribution in [0.25, 0.3) is 22.5 Å². The van der Waals surface area contributed by atoms with E-state index in [9.17, 15) is 9.90 Å². The van der Waals surface area contributed by atoms with Crippen LogP contribution in [0.2, 0.25) is 0 Å². The van der Waals surface area contributed by atoms with Crippen LogP contribution in [0.4, 0.5) is 0 Å². The van der Waals surface area contributed by atoms with Crippen molar-refractivity contribution >= 4 is 5.97 Å². The molecule has 2 aromatic carbocycles. The number of ether oxygens (including phenoxy) is 1. The molecule has 1 heterocycles. The monoisotopic (exact) mass is 391 g/mol. The first kappa shape index (κ1) is 19.4. The lowest BCUT2D eigenvalue weighted by Gasteiger charge is -2.14. The van der Waals surface area contributed by atoms with Crippen LogP contribution in [0.3, 0.4) is 0 Å². The first-order valence-corrected chi connectivity index (χ1v) is 9.99. The molecule has 1 N–H and O–H groups in total. The van der Waals surface area contributed by atoms with Gasteiger partial charge in [-0.2, -0.15) is 0 Å². The van der Waals surface area contributed by atoms with Gasteiger partial charge in [0.25, 0.3) is 0 Å². The minimum absolute atomic E-state index is 0.117. The van der Waals surface area contributed by atoms with Gasteiger partial charge >= 0.3 is 5.97 Å². The van der Waals surface area contributed by atoms with Gasteiger partial charge in [-0.15, -0.1) is 0 Å². The molecule has 1 aliphatic carbocycles. The number of nitrogens with zero attached hydrogens (tertiary/aromatic N) is 1. The van der Waals surface area contributed by atoms with Crippen LogP contribution in [-0.2, 0) is 14.9 Å². The van der Waals surface area contributed by atoms with E-state index in [-0.39, 0.29) is 5.97 Å². The lowest BCUT2D eigenvalue weighted by molar-refractivity contribution is -0.146. The highest BCUT2D eigenvalue weighted by Gasteiger charge is 2.52. The topological polar surface area (TPSA) is 72.6 Å². The maximum Gasteiger partial charge on any atom is 0.316 e. The minimum atomic E-state index is -0.641. The van der Waals surface area contributed by atoms with Crippen LogP contribution in [0.1, 0.15) is 49.6 Å². The SMILES string of the molecule is CCOC(=O)C1(c2ccc(-c3ccc(-c4onc(C)c4C(C)O)cc3)cc2)CC1. The summed E-state index contributed by atoms with van der Waals surface area (Å²) in [7, 11) is 0. The van der Waals surface area contributed by atoms with Crippen molar-refractivity contribution in [2.75, 3.05) is 6.61 Å². The van der Waals surface area contributed by atoms with Crippen molar-refractivity contribution in [1.29, 1.82) is 0 Å². The van der Waals surface area contributed by atoms with Crippen molar-refractivity contribution in [3.05, 3.63) is 65.4 Å². The number of carbonyl (C=O) groups excluding carboxylic acids is 1. The van der Waals surface area contributed by atoms with Crippen LogP contribution < -0.4 is 0 Å². The number of rotatable bonds is 6. The van der Waals surface area contributed by atoms with Crippen molar-refractivity contribution in [3.63, 3.8) is 0 Å². The van der Waals surface area contributed by atoms with Crippen molar-refractivity contribution in [3.8, 4) is 22.5 Å². The Morgan fingerprint density at radius 3 is 2.17 bits per heavy atom. The van der Waals surface area contributed by atoms with Crippen molar-refractivity contribution in [2.45, 2.75) is 45.1 Å². The third-order valence-electron chi connectivity index (χ3n) is 5.66. The normalized spacial score (nSPS) is 15.7. The van der Waals surface area contributed by atoms with E-state index in [1.54, 1.807) is 6.92 Å². The Kier molecular flexibility index (Phi) is 5.01. The van der Waals surface area contributed by atoms with E-state index in [4.69, 9.17) is 9.26 Å². The van der Waals surface area contributed by atoms with E-state index in [1.807, 2.05) is 62.4 Å². The highest BCUT2D eigenvalue weighted by atomic mass is 16.5. The smallest absolute Gasteiger partial charge is 0.316 e. The molecule has 1 aliphatic rings. The lowest BCUT2D eigenvalue weighted by atomic mass is 9.93. The van der Waals surface area contributed by atoms with E-state index < -0.39 is 11.5 Å². The molecule has 1 saturated carbocycles. The fraction of sp³-hybridized carbons (Fsp3) is 0.333. The summed E-state index contributed by atoms with van der Waals surface area (Å²) in [6.45, 7) is 5.79. The lowest BCUT2D eigenvalue weighted by Crippen LogP contribution is -2.23. The summed E-state index contributed by atoms with van der Waals surface area (Å²) in [5, 5.41) is 14.0. The molecule has 0 amide bonds. The number of hydrogen-bond acceptors (Lipinski definition) is 5. The molecule has 0 aliphatic heterocycles. The number of aliphatic hydroxyl groups excluding tert-OH is 1. The molecule has 5 heteroatoms. The molecule has 3 aromatic rings. The van der Waals surface area contributed by atoms with Gasteiger partial charge in [0, 0.05) is 5.56 Å². The molecule has 1 atom stereocenters. The van der Waals surface area contributed by atoms with Crippen LogP contribution in [0.15, 0.2) is 53.1 Å². The summed E-state index contributed by atoms with van der Waals surface area (Å²) >= 11 is 0. The first-order chi connectivity index (χ1) is 14.0. The van der Waals surface area contributed by atoms with E-state index >= 15 is 0 Å². The van der Waals surface area contributed by atoms with Gasteiger partial charge in [-0.05, 0) is 50.3 Å². The molecule has 4 rings (SSSR count). The largest absolute Gasteiger partial charge is 0.465 e. The molecule has 0 bridgehead atoms. The van der Waals surface area contributed by atoms with Gasteiger partial charge in [0.2, 0.25) is 0 Å². The number of benzene rings is 2. The summed E-state index contributed by atoms with van der Waals surface area (Å²) in [5.74, 6) is 0.484. The zero-order chi connectivity index (χ0) is 20.6. The van der Waals surface area contributed by atoms with Gasteiger partial charge in [-0.3, -0.25) is 4.79 Å². The molecule has 1 aromatic heterocycles. The zero-order valence-corrected chi connectivity index (χ0v) is 16.9. The summed E-state index contributed by atoms with van der Waals surface area (Å²) in [5.41, 5.74) is 5.01. The molecule has 150 valence electrons. The Balaban J connectivity index is 1.57. The molecular formula is C24H25NO4. The second-order valence-corrected chi connectivity index (χ2v) is 7.64. The second-order valence-electron chi connectivity index (χ2n) is 7.64. The summed E-state index contributed by atoms with van der Waals surface area (Å²) < 4.78 is 10.7. The van der Waals surface area contributed by atoms with Gasteiger partial charge in [0.15, 0.2) is 5.76 Å². The molecule has 0 radical (unpaired) electrons. The van der Waals surface area contributed by atoms with Crippen LogP contribution in [0.5, 0.6) is 0 Å². The second kappa shape index (κ2) is 7.48. The van der Waals surface area contributed by atoms with Gasteiger partial charge in [-0.25, -0.2) is 0 Å². The average molecular weight is 391 g/mol. The minimum Gasteiger partial charge on any atom is -0.465 e. The Bertz CT molecular complexity index is 1010. The predicted octanol–water partition coefficient (Wildman–Crippen LogP) is 4.97. The fourth-order valence-corrected chi connectivity index (χ4v) is 3.88.